The Morgan fingerprint density at radius 1 is 1.24 bits per heavy atom. The molecule has 4 rings (SSSR count). The van der Waals surface area contributed by atoms with Gasteiger partial charge < -0.3 is 14.0 Å². The number of aryl methyl sites for hydroxylation is 2. The van der Waals surface area contributed by atoms with Gasteiger partial charge in [0.05, 0.1) is 35.3 Å². The highest BCUT2D eigenvalue weighted by Crippen LogP contribution is 2.39. The maximum absolute atomic E-state index is 12.0. The summed E-state index contributed by atoms with van der Waals surface area (Å²) in [6.07, 6.45) is 2.59. The number of fused-ring (bicyclic) bond motifs is 1. The van der Waals surface area contributed by atoms with Crippen LogP contribution >= 0.6 is 23.2 Å². The maximum atomic E-state index is 12.0. The van der Waals surface area contributed by atoms with Crippen LogP contribution in [0.5, 0.6) is 5.75 Å². The van der Waals surface area contributed by atoms with E-state index in [1.807, 2.05) is 33.0 Å². The number of rotatable bonds is 6. The first kappa shape index (κ1) is 23.5. The van der Waals surface area contributed by atoms with Crippen LogP contribution in [-0.4, -0.2) is 23.2 Å². The second-order valence-corrected chi connectivity index (χ2v) is 9.33. The Hall–Kier alpha value is -2.68. The van der Waals surface area contributed by atoms with E-state index in [9.17, 15) is 10.1 Å². The fourth-order valence-corrected chi connectivity index (χ4v) is 5.16. The molecule has 2 atom stereocenters. The normalized spacial score (nSPS) is 17.8. The molecule has 0 N–H and O–H groups in total. The Balaban J connectivity index is 1.58. The molecule has 2 aromatic carbocycles. The Labute approximate surface area is 203 Å². The van der Waals surface area contributed by atoms with E-state index in [1.165, 1.54) is 0 Å². The molecule has 0 aliphatic heterocycles. The van der Waals surface area contributed by atoms with Crippen molar-refractivity contribution in [3.05, 3.63) is 62.8 Å². The molecule has 0 saturated heterocycles. The monoisotopic (exact) mass is 484 g/mol. The zero-order valence-corrected chi connectivity index (χ0v) is 20.5. The van der Waals surface area contributed by atoms with Crippen molar-refractivity contribution in [3.8, 4) is 11.8 Å². The summed E-state index contributed by atoms with van der Waals surface area (Å²) in [7, 11) is 1.98. The van der Waals surface area contributed by atoms with E-state index >= 15 is 0 Å². The summed E-state index contributed by atoms with van der Waals surface area (Å²) in [5.41, 5.74) is 4.51. The molecule has 5 nitrogen and oxygen atoms in total. The quantitative estimate of drug-likeness (QED) is 0.381. The Bertz CT molecular complexity index is 1260. The van der Waals surface area contributed by atoms with E-state index in [-0.39, 0.29) is 18.0 Å². The number of aromatic nitrogens is 1. The van der Waals surface area contributed by atoms with Crippen LogP contribution in [0.15, 0.2) is 30.3 Å². The van der Waals surface area contributed by atoms with Crippen molar-refractivity contribution in [2.24, 2.45) is 13.0 Å². The molecule has 1 aliphatic carbocycles. The minimum Gasteiger partial charge on any atom is -0.489 e. The van der Waals surface area contributed by atoms with Crippen molar-refractivity contribution in [1.82, 2.24) is 4.57 Å². The molecular weight excluding hydrogens is 459 g/mol. The van der Waals surface area contributed by atoms with Gasteiger partial charge in [-0.25, -0.2) is 0 Å². The summed E-state index contributed by atoms with van der Waals surface area (Å²) >= 11 is 13.3. The van der Waals surface area contributed by atoms with Crippen LogP contribution < -0.4 is 4.74 Å². The van der Waals surface area contributed by atoms with Gasteiger partial charge in [-0.3, -0.25) is 4.79 Å². The molecule has 7 heteroatoms. The van der Waals surface area contributed by atoms with E-state index in [0.29, 0.717) is 40.8 Å². The molecule has 1 heterocycles. The molecule has 0 bridgehead atoms. The van der Waals surface area contributed by atoms with E-state index in [4.69, 9.17) is 32.7 Å². The third-order valence-electron chi connectivity index (χ3n) is 6.40. The molecule has 3 aromatic rings. The number of carbonyl (C=O) groups excluding carboxylic acids is 1. The Kier molecular flexibility index (Phi) is 6.88. The lowest BCUT2D eigenvalue weighted by Crippen LogP contribution is -2.18. The number of halogens is 2. The van der Waals surface area contributed by atoms with Gasteiger partial charge in [0.25, 0.3) is 0 Å². The maximum Gasteiger partial charge on any atom is 0.309 e. The standard InChI is InChI=1S/C26H26Cl2N2O3/c1-4-32-26(31)17-5-6-19(11-17)33-24-8-7-22(27)21(25(24)28)13-18-12-20-15(2)9-16(14-29)10-23(20)30(18)3/h7-10,12,17,19H,4-6,11,13H2,1-3H3/t17-,19-/m1/s1. The van der Waals surface area contributed by atoms with Crippen molar-refractivity contribution in [2.75, 3.05) is 6.61 Å². The predicted octanol–water partition coefficient (Wildman–Crippen LogP) is 6.37. The number of hydrogen-bond donors (Lipinski definition) is 0. The summed E-state index contributed by atoms with van der Waals surface area (Å²) in [5.74, 6) is 0.294. The van der Waals surface area contributed by atoms with E-state index < -0.39 is 0 Å². The molecule has 1 saturated carbocycles. The zero-order chi connectivity index (χ0) is 23.7. The highest BCUT2D eigenvalue weighted by Gasteiger charge is 2.32. The van der Waals surface area contributed by atoms with Crippen LogP contribution in [0.4, 0.5) is 0 Å². The summed E-state index contributed by atoms with van der Waals surface area (Å²) in [5, 5.41) is 11.5. The molecule has 1 aromatic heterocycles. The third-order valence-corrected chi connectivity index (χ3v) is 7.17. The lowest BCUT2D eigenvalue weighted by molar-refractivity contribution is -0.147. The van der Waals surface area contributed by atoms with Gasteiger partial charge in [0.15, 0.2) is 0 Å². The van der Waals surface area contributed by atoms with Gasteiger partial charge >= 0.3 is 5.97 Å². The first-order valence-corrected chi connectivity index (χ1v) is 11.9. The summed E-state index contributed by atoms with van der Waals surface area (Å²) in [6, 6.07) is 11.7. The van der Waals surface area contributed by atoms with Gasteiger partial charge in [0, 0.05) is 35.1 Å². The Morgan fingerprint density at radius 2 is 2.03 bits per heavy atom. The van der Waals surface area contributed by atoms with Gasteiger partial charge in [-0.05, 0) is 74.6 Å². The number of nitriles is 1. The first-order chi connectivity index (χ1) is 15.8. The van der Waals surface area contributed by atoms with Crippen molar-refractivity contribution < 1.29 is 14.3 Å². The third kappa shape index (κ3) is 4.69. The van der Waals surface area contributed by atoms with Crippen LogP contribution in [0.3, 0.4) is 0 Å². The summed E-state index contributed by atoms with van der Waals surface area (Å²) in [6.45, 7) is 4.21. The number of carbonyl (C=O) groups is 1. The molecule has 0 amide bonds. The molecule has 1 aliphatic rings. The minimum atomic E-state index is -0.155. The molecule has 33 heavy (non-hydrogen) atoms. The lowest BCUT2D eigenvalue weighted by Gasteiger charge is -2.18. The highest BCUT2D eigenvalue weighted by atomic mass is 35.5. The second-order valence-electron chi connectivity index (χ2n) is 8.55. The predicted molar refractivity (Wildman–Crippen MR) is 130 cm³/mol. The highest BCUT2D eigenvalue weighted by molar-refractivity contribution is 6.37. The van der Waals surface area contributed by atoms with Gasteiger partial charge in [0.1, 0.15) is 5.75 Å². The Morgan fingerprint density at radius 3 is 2.76 bits per heavy atom. The molecular formula is C26H26Cl2N2O3. The molecule has 0 unspecified atom stereocenters. The molecule has 0 radical (unpaired) electrons. The number of nitrogens with zero attached hydrogens (tertiary/aromatic N) is 2. The van der Waals surface area contributed by atoms with Crippen molar-refractivity contribution in [2.45, 2.75) is 45.6 Å². The fraction of sp³-hybridized carbons (Fsp3) is 0.385. The van der Waals surface area contributed by atoms with Gasteiger partial charge in [-0.1, -0.05) is 23.2 Å². The van der Waals surface area contributed by atoms with E-state index in [2.05, 4.69) is 16.7 Å². The number of ether oxygens (including phenoxy) is 2. The second kappa shape index (κ2) is 9.67. The van der Waals surface area contributed by atoms with Gasteiger partial charge in [-0.15, -0.1) is 0 Å². The summed E-state index contributed by atoms with van der Waals surface area (Å²) in [4.78, 5) is 12.0. The number of hydrogen-bond acceptors (Lipinski definition) is 4. The van der Waals surface area contributed by atoms with Crippen LogP contribution in [0.25, 0.3) is 10.9 Å². The number of esters is 1. The van der Waals surface area contributed by atoms with E-state index in [1.54, 1.807) is 12.1 Å². The van der Waals surface area contributed by atoms with Crippen LogP contribution in [0.1, 0.15) is 48.6 Å². The number of benzene rings is 2. The SMILES string of the molecule is CCOC(=O)[C@@H]1CC[C@@H](Oc2ccc(Cl)c(Cc3cc4c(C)cc(C#N)cc4n3C)c2Cl)C1. The fourth-order valence-electron chi connectivity index (χ4n) is 4.61. The van der Waals surface area contributed by atoms with Crippen LogP contribution in [0, 0.1) is 24.2 Å². The van der Waals surface area contributed by atoms with Crippen LogP contribution in [-0.2, 0) is 23.0 Å². The molecule has 1 fully saturated rings. The molecule has 172 valence electrons. The zero-order valence-electron chi connectivity index (χ0n) is 19.0. The molecule has 0 spiro atoms. The van der Waals surface area contributed by atoms with Crippen LogP contribution in [0.2, 0.25) is 10.0 Å². The van der Waals surface area contributed by atoms with Crippen molar-refractivity contribution in [3.63, 3.8) is 0 Å². The van der Waals surface area contributed by atoms with E-state index in [0.717, 1.165) is 40.6 Å². The average molecular weight is 485 g/mol. The minimum absolute atomic E-state index is 0.0874. The first-order valence-electron chi connectivity index (χ1n) is 11.1. The average Bonchev–Trinajstić information content (AvgIpc) is 3.38. The largest absolute Gasteiger partial charge is 0.489 e. The van der Waals surface area contributed by atoms with Gasteiger partial charge in [0.2, 0.25) is 0 Å². The summed E-state index contributed by atoms with van der Waals surface area (Å²) < 4.78 is 13.4. The topological polar surface area (TPSA) is 64.2 Å². The van der Waals surface area contributed by atoms with Gasteiger partial charge in [-0.2, -0.15) is 5.26 Å². The van der Waals surface area contributed by atoms with Crippen molar-refractivity contribution in [1.29, 1.82) is 5.26 Å². The smallest absolute Gasteiger partial charge is 0.309 e. The lowest BCUT2D eigenvalue weighted by atomic mass is 10.1. The van der Waals surface area contributed by atoms with Crippen molar-refractivity contribution >= 4 is 40.1 Å².